The number of aryl methyl sites for hydroxylation is 1. The lowest BCUT2D eigenvalue weighted by Crippen LogP contribution is -2.26. The molecule has 0 aliphatic rings. The van der Waals surface area contributed by atoms with E-state index < -0.39 is 0 Å². The first-order chi connectivity index (χ1) is 15.6. The summed E-state index contributed by atoms with van der Waals surface area (Å²) in [6.07, 6.45) is 2.75. The molecule has 10 nitrogen and oxygen atoms in total. The van der Waals surface area contributed by atoms with Crippen LogP contribution in [0.5, 0.6) is 0 Å². The van der Waals surface area contributed by atoms with Crippen LogP contribution in [-0.4, -0.2) is 44.3 Å². The van der Waals surface area contributed by atoms with E-state index in [1.165, 1.54) is 12.1 Å². The summed E-state index contributed by atoms with van der Waals surface area (Å²) in [5.74, 6) is 0.694. The number of hydrogen-bond donors (Lipinski definition) is 3. The monoisotopic (exact) mass is 437 g/mol. The summed E-state index contributed by atoms with van der Waals surface area (Å²) in [6, 6.07) is 9.13. The topological polar surface area (TPSA) is 139 Å². The number of nitrogens with zero attached hydrogens (tertiary/aromatic N) is 4. The van der Waals surface area contributed by atoms with Crippen molar-refractivity contribution >= 4 is 22.6 Å². The van der Waals surface area contributed by atoms with Crippen LogP contribution in [0.3, 0.4) is 0 Å². The van der Waals surface area contributed by atoms with Gasteiger partial charge in [0, 0.05) is 37.7 Å². The number of aromatic nitrogens is 5. The second-order valence-corrected chi connectivity index (χ2v) is 6.95. The molecular weight excluding hydrogens is 417 g/mol. The lowest BCUT2D eigenvalue weighted by atomic mass is 10.2. The third-order valence-corrected chi connectivity index (χ3v) is 4.65. The molecule has 0 aliphatic carbocycles. The minimum Gasteiger partial charge on any atom is -0.367 e. The number of rotatable bonds is 9. The highest BCUT2D eigenvalue weighted by Gasteiger charge is 2.11. The van der Waals surface area contributed by atoms with E-state index in [2.05, 4.69) is 36.0 Å². The van der Waals surface area contributed by atoms with Gasteiger partial charge in [0.15, 0.2) is 5.82 Å². The standard InChI is InChI=1S/C21H20FN7O3/c22-14-6-4-13(5-7-14)19-26-17(32-29-19)9-8-16(30)23-11-2-12-25-20-18-15(3-1-10-24-18)21(31)28-27-20/h1,3-7,10H,2,8-9,11-12H2,(H,23,30)(H,25,27)(H,28,31). The fourth-order valence-corrected chi connectivity index (χ4v) is 3.02. The second kappa shape index (κ2) is 9.77. The summed E-state index contributed by atoms with van der Waals surface area (Å²) in [5, 5.41) is 16.7. The number of halogens is 1. The van der Waals surface area contributed by atoms with Crippen LogP contribution in [0.15, 0.2) is 51.9 Å². The number of carbonyl (C=O) groups is 1. The molecule has 1 amide bonds. The van der Waals surface area contributed by atoms with Gasteiger partial charge in [0.2, 0.25) is 17.6 Å². The van der Waals surface area contributed by atoms with E-state index >= 15 is 0 Å². The van der Waals surface area contributed by atoms with E-state index in [1.54, 1.807) is 30.5 Å². The van der Waals surface area contributed by atoms with Gasteiger partial charge in [-0.3, -0.25) is 14.6 Å². The highest BCUT2D eigenvalue weighted by Crippen LogP contribution is 2.16. The molecule has 0 fully saturated rings. The number of aromatic amines is 1. The average molecular weight is 437 g/mol. The number of fused-ring (bicyclic) bond motifs is 1. The summed E-state index contributed by atoms with van der Waals surface area (Å²) in [5.41, 5.74) is 0.843. The van der Waals surface area contributed by atoms with Crippen molar-refractivity contribution in [1.29, 1.82) is 0 Å². The molecule has 3 heterocycles. The Bertz CT molecular complexity index is 1270. The van der Waals surface area contributed by atoms with Crippen LogP contribution in [0.4, 0.5) is 10.2 Å². The van der Waals surface area contributed by atoms with Crippen LogP contribution >= 0.6 is 0 Å². The number of carbonyl (C=O) groups excluding carboxylic acids is 1. The zero-order chi connectivity index (χ0) is 22.3. The molecule has 11 heteroatoms. The van der Waals surface area contributed by atoms with E-state index in [-0.39, 0.29) is 23.7 Å². The molecule has 4 aromatic rings. The number of anilines is 1. The van der Waals surface area contributed by atoms with Gasteiger partial charge in [-0.15, -0.1) is 0 Å². The quantitative estimate of drug-likeness (QED) is 0.338. The number of amides is 1. The SMILES string of the molecule is O=C(CCc1nc(-c2ccc(F)cc2)no1)NCCCNc1n[nH]c(=O)c2cccnc12. The molecule has 0 atom stereocenters. The van der Waals surface area contributed by atoms with Crippen molar-refractivity contribution in [2.45, 2.75) is 19.3 Å². The van der Waals surface area contributed by atoms with Crippen LogP contribution in [-0.2, 0) is 11.2 Å². The van der Waals surface area contributed by atoms with Crippen molar-refractivity contribution in [3.63, 3.8) is 0 Å². The molecule has 32 heavy (non-hydrogen) atoms. The Balaban J connectivity index is 1.18. The predicted molar refractivity (Wildman–Crippen MR) is 114 cm³/mol. The van der Waals surface area contributed by atoms with Crippen molar-refractivity contribution in [3.8, 4) is 11.4 Å². The van der Waals surface area contributed by atoms with E-state index in [4.69, 9.17) is 4.52 Å². The van der Waals surface area contributed by atoms with Crippen LogP contribution in [0.1, 0.15) is 18.7 Å². The molecule has 4 rings (SSSR count). The molecule has 0 spiro atoms. The van der Waals surface area contributed by atoms with E-state index in [0.717, 1.165) is 0 Å². The van der Waals surface area contributed by atoms with E-state index in [0.29, 0.717) is 59.9 Å². The smallest absolute Gasteiger partial charge is 0.273 e. The molecular formula is C21H20FN7O3. The van der Waals surface area contributed by atoms with E-state index in [1.807, 2.05) is 0 Å². The third-order valence-electron chi connectivity index (χ3n) is 4.65. The molecule has 1 aromatic carbocycles. The van der Waals surface area contributed by atoms with Crippen LogP contribution in [0.25, 0.3) is 22.3 Å². The second-order valence-electron chi connectivity index (χ2n) is 6.95. The molecule has 0 radical (unpaired) electrons. The fourth-order valence-electron chi connectivity index (χ4n) is 3.02. The molecule has 3 N–H and O–H groups in total. The van der Waals surface area contributed by atoms with Crippen LogP contribution in [0, 0.1) is 5.82 Å². The molecule has 164 valence electrons. The first kappa shape index (κ1) is 21.1. The van der Waals surface area contributed by atoms with Gasteiger partial charge in [-0.05, 0) is 42.8 Å². The Kier molecular flexibility index (Phi) is 6.44. The normalized spacial score (nSPS) is 10.9. The maximum absolute atomic E-state index is 13.0. The van der Waals surface area contributed by atoms with Gasteiger partial charge in [0.05, 0.1) is 5.39 Å². The highest BCUT2D eigenvalue weighted by molar-refractivity contribution is 5.86. The van der Waals surface area contributed by atoms with Crippen LogP contribution in [0.2, 0.25) is 0 Å². The van der Waals surface area contributed by atoms with Crippen molar-refractivity contribution in [1.82, 2.24) is 30.6 Å². The maximum Gasteiger partial charge on any atom is 0.273 e. The minimum atomic E-state index is -0.343. The zero-order valence-corrected chi connectivity index (χ0v) is 17.0. The van der Waals surface area contributed by atoms with Gasteiger partial charge in [0.1, 0.15) is 11.3 Å². The molecule has 0 aliphatic heterocycles. The first-order valence-corrected chi connectivity index (χ1v) is 10.0. The average Bonchev–Trinajstić information content (AvgIpc) is 3.28. The van der Waals surface area contributed by atoms with Gasteiger partial charge in [0.25, 0.3) is 5.56 Å². The maximum atomic E-state index is 13.0. The molecule has 3 aromatic heterocycles. The lowest BCUT2D eigenvalue weighted by molar-refractivity contribution is -0.121. The highest BCUT2D eigenvalue weighted by atomic mass is 19.1. The van der Waals surface area contributed by atoms with Crippen molar-refractivity contribution in [2.75, 3.05) is 18.4 Å². The van der Waals surface area contributed by atoms with Gasteiger partial charge in [-0.2, -0.15) is 10.1 Å². The Morgan fingerprint density at radius 2 is 2.00 bits per heavy atom. The summed E-state index contributed by atoms with van der Waals surface area (Å²) >= 11 is 0. The predicted octanol–water partition coefficient (Wildman–Crippen LogP) is 2.06. The van der Waals surface area contributed by atoms with Crippen molar-refractivity contribution in [2.24, 2.45) is 0 Å². The van der Waals surface area contributed by atoms with Gasteiger partial charge in [-0.25, -0.2) is 9.49 Å². The lowest BCUT2D eigenvalue weighted by Gasteiger charge is -2.08. The Morgan fingerprint density at radius 1 is 1.16 bits per heavy atom. The molecule has 0 unspecified atom stereocenters. The summed E-state index contributed by atoms with van der Waals surface area (Å²) < 4.78 is 18.2. The van der Waals surface area contributed by atoms with Gasteiger partial charge >= 0.3 is 0 Å². The molecule has 0 saturated heterocycles. The summed E-state index contributed by atoms with van der Waals surface area (Å²) in [7, 11) is 0. The number of pyridine rings is 1. The molecule has 0 saturated carbocycles. The van der Waals surface area contributed by atoms with E-state index in [9.17, 15) is 14.0 Å². The van der Waals surface area contributed by atoms with Gasteiger partial charge < -0.3 is 15.2 Å². The number of H-pyrrole nitrogens is 1. The fraction of sp³-hybridized carbons (Fsp3) is 0.238. The van der Waals surface area contributed by atoms with Gasteiger partial charge in [-0.1, -0.05) is 5.16 Å². The minimum absolute atomic E-state index is 0.138. The van der Waals surface area contributed by atoms with Crippen LogP contribution < -0.4 is 16.2 Å². The van der Waals surface area contributed by atoms with Crippen molar-refractivity contribution < 1.29 is 13.7 Å². The first-order valence-electron chi connectivity index (χ1n) is 10.0. The number of benzene rings is 1. The zero-order valence-electron chi connectivity index (χ0n) is 17.0. The largest absolute Gasteiger partial charge is 0.367 e. The summed E-state index contributed by atoms with van der Waals surface area (Å²) in [4.78, 5) is 32.2. The van der Waals surface area contributed by atoms with Crippen molar-refractivity contribution in [3.05, 3.63) is 64.7 Å². The number of nitrogens with one attached hydrogen (secondary N) is 3. The molecule has 0 bridgehead atoms. The summed E-state index contributed by atoms with van der Waals surface area (Å²) in [6.45, 7) is 1.00. The third kappa shape index (κ3) is 5.12. The Hall–Kier alpha value is -4.15. The Labute approximate surface area is 181 Å². The Morgan fingerprint density at radius 3 is 2.84 bits per heavy atom. The number of hydrogen-bond acceptors (Lipinski definition) is 8.